The highest BCUT2D eigenvalue weighted by molar-refractivity contribution is 6.02. The highest BCUT2D eigenvalue weighted by Crippen LogP contribution is 2.18. The van der Waals surface area contributed by atoms with Crippen molar-refractivity contribution in [3.63, 3.8) is 0 Å². The van der Waals surface area contributed by atoms with E-state index in [1.165, 1.54) is 11.0 Å². The molecule has 5 heteroatoms. The summed E-state index contributed by atoms with van der Waals surface area (Å²) in [6.45, 7) is 2.99. The molecule has 0 radical (unpaired) electrons. The monoisotopic (exact) mass is 250 g/mol. The second kappa shape index (κ2) is 6.76. The summed E-state index contributed by atoms with van der Waals surface area (Å²) in [4.78, 5) is 24.3. The van der Waals surface area contributed by atoms with Crippen LogP contribution < -0.4 is 10.2 Å². The van der Waals surface area contributed by atoms with Crippen LogP contribution in [0.2, 0.25) is 0 Å². The van der Waals surface area contributed by atoms with Crippen LogP contribution in [-0.4, -0.2) is 37.1 Å². The minimum atomic E-state index is -1.04. The number of carboxylic acid groups (broad SMARTS) is 1. The van der Waals surface area contributed by atoms with Gasteiger partial charge in [-0.25, -0.2) is 4.79 Å². The lowest BCUT2D eigenvalue weighted by molar-refractivity contribution is -0.117. The maximum Gasteiger partial charge on any atom is 0.337 e. The molecule has 18 heavy (non-hydrogen) atoms. The molecule has 1 amide bonds. The average molecular weight is 250 g/mol. The smallest absolute Gasteiger partial charge is 0.337 e. The highest BCUT2D eigenvalue weighted by Gasteiger charge is 2.17. The van der Waals surface area contributed by atoms with Gasteiger partial charge in [-0.15, -0.1) is 0 Å². The van der Waals surface area contributed by atoms with Gasteiger partial charge < -0.3 is 15.3 Å². The molecule has 0 fully saturated rings. The van der Waals surface area contributed by atoms with Gasteiger partial charge in [-0.2, -0.15) is 0 Å². The average Bonchev–Trinajstić information content (AvgIpc) is 2.38. The van der Waals surface area contributed by atoms with Crippen molar-refractivity contribution in [2.75, 3.05) is 25.0 Å². The first kappa shape index (κ1) is 14.2. The number of hydrogen-bond donors (Lipinski definition) is 2. The summed E-state index contributed by atoms with van der Waals surface area (Å²) in [5.41, 5.74) is 0.539. The molecule has 1 rings (SSSR count). The van der Waals surface area contributed by atoms with Crippen LogP contribution in [0.5, 0.6) is 0 Å². The van der Waals surface area contributed by atoms with Crippen molar-refractivity contribution in [3.05, 3.63) is 29.8 Å². The van der Waals surface area contributed by atoms with Crippen LogP contribution in [0, 0.1) is 0 Å². The third-order valence-corrected chi connectivity index (χ3v) is 2.57. The fourth-order valence-corrected chi connectivity index (χ4v) is 1.57. The Morgan fingerprint density at radius 2 is 2.00 bits per heavy atom. The van der Waals surface area contributed by atoms with E-state index in [-0.39, 0.29) is 18.0 Å². The Bertz CT molecular complexity index is 432. The lowest BCUT2D eigenvalue weighted by Crippen LogP contribution is -2.36. The first-order valence-electron chi connectivity index (χ1n) is 5.87. The molecule has 98 valence electrons. The largest absolute Gasteiger partial charge is 0.478 e. The van der Waals surface area contributed by atoms with Gasteiger partial charge in [-0.3, -0.25) is 4.79 Å². The van der Waals surface area contributed by atoms with Gasteiger partial charge in [0, 0.05) is 7.05 Å². The van der Waals surface area contributed by atoms with Gasteiger partial charge in [0.05, 0.1) is 17.8 Å². The molecule has 0 heterocycles. The molecule has 0 spiro atoms. The number of likely N-dealkylation sites (N-methyl/N-ethyl adjacent to an activating group) is 1. The van der Waals surface area contributed by atoms with Crippen LogP contribution in [0.25, 0.3) is 0 Å². The molecule has 0 aromatic heterocycles. The summed E-state index contributed by atoms with van der Waals surface area (Å²) in [5, 5.41) is 12.1. The van der Waals surface area contributed by atoms with Gasteiger partial charge in [-0.1, -0.05) is 19.1 Å². The molecule has 0 aliphatic carbocycles. The van der Waals surface area contributed by atoms with E-state index >= 15 is 0 Å². The van der Waals surface area contributed by atoms with E-state index in [1.807, 2.05) is 6.92 Å². The highest BCUT2D eigenvalue weighted by atomic mass is 16.4. The minimum absolute atomic E-state index is 0.129. The summed E-state index contributed by atoms with van der Waals surface area (Å²) < 4.78 is 0. The van der Waals surface area contributed by atoms with E-state index in [1.54, 1.807) is 25.2 Å². The molecule has 1 aromatic rings. The van der Waals surface area contributed by atoms with Crippen LogP contribution in [0.3, 0.4) is 0 Å². The van der Waals surface area contributed by atoms with Gasteiger partial charge in [0.25, 0.3) is 0 Å². The number of carbonyl (C=O) groups excluding carboxylic acids is 1. The fourth-order valence-electron chi connectivity index (χ4n) is 1.57. The number of nitrogens with one attached hydrogen (secondary N) is 1. The zero-order valence-electron chi connectivity index (χ0n) is 10.6. The molecule has 1 aromatic carbocycles. The van der Waals surface area contributed by atoms with E-state index in [0.29, 0.717) is 5.69 Å². The molecule has 0 saturated heterocycles. The summed E-state index contributed by atoms with van der Waals surface area (Å²) in [6, 6.07) is 6.47. The Balaban J connectivity index is 2.80. The molecule has 0 aliphatic rings. The molecule has 0 atom stereocenters. The third-order valence-electron chi connectivity index (χ3n) is 2.57. The molecule has 0 bridgehead atoms. The van der Waals surface area contributed by atoms with E-state index in [9.17, 15) is 9.59 Å². The van der Waals surface area contributed by atoms with Gasteiger partial charge >= 0.3 is 5.97 Å². The zero-order valence-corrected chi connectivity index (χ0v) is 10.6. The summed E-state index contributed by atoms with van der Waals surface area (Å²) >= 11 is 0. The molecule has 5 nitrogen and oxygen atoms in total. The number of nitrogens with zero attached hydrogens (tertiary/aromatic N) is 1. The quantitative estimate of drug-likeness (QED) is 0.748. The maximum absolute atomic E-state index is 11.9. The second-order valence-corrected chi connectivity index (χ2v) is 3.95. The van der Waals surface area contributed by atoms with Gasteiger partial charge in [0.1, 0.15) is 0 Å². The topological polar surface area (TPSA) is 69.6 Å². The molecular formula is C13H18N2O3. The van der Waals surface area contributed by atoms with Crippen LogP contribution in [0.15, 0.2) is 24.3 Å². The van der Waals surface area contributed by atoms with Gasteiger partial charge in [0.2, 0.25) is 5.91 Å². The summed E-state index contributed by atoms with van der Waals surface area (Å²) in [7, 11) is 1.58. The number of amides is 1. The Morgan fingerprint density at radius 3 is 2.61 bits per heavy atom. The summed E-state index contributed by atoms with van der Waals surface area (Å²) in [6.07, 6.45) is 0.947. The number of para-hydroxylation sites is 1. The molecule has 0 saturated carbocycles. The van der Waals surface area contributed by atoms with Crippen molar-refractivity contribution in [1.82, 2.24) is 5.32 Å². The van der Waals surface area contributed by atoms with Crippen LogP contribution in [0.4, 0.5) is 5.69 Å². The summed E-state index contributed by atoms with van der Waals surface area (Å²) in [5.74, 6) is -1.19. The fraction of sp³-hybridized carbons (Fsp3) is 0.385. The van der Waals surface area contributed by atoms with Crippen molar-refractivity contribution in [2.24, 2.45) is 0 Å². The van der Waals surface area contributed by atoms with Crippen molar-refractivity contribution < 1.29 is 14.7 Å². The number of benzene rings is 1. The molecule has 0 aliphatic heterocycles. The normalized spacial score (nSPS) is 10.1. The lowest BCUT2D eigenvalue weighted by Gasteiger charge is -2.19. The van der Waals surface area contributed by atoms with Crippen molar-refractivity contribution in [1.29, 1.82) is 0 Å². The first-order valence-corrected chi connectivity index (χ1v) is 5.87. The number of aromatic carboxylic acids is 1. The standard InChI is InChI=1S/C13H18N2O3/c1-3-8-14-9-12(16)15(2)11-7-5-4-6-10(11)13(17)18/h4-7,14H,3,8-9H2,1-2H3,(H,17,18). The SMILES string of the molecule is CCCNCC(=O)N(C)c1ccccc1C(=O)O. The molecule has 2 N–H and O–H groups in total. The Hall–Kier alpha value is -1.88. The van der Waals surface area contributed by atoms with E-state index < -0.39 is 5.97 Å². The van der Waals surface area contributed by atoms with Crippen molar-refractivity contribution in [3.8, 4) is 0 Å². The number of rotatable bonds is 6. The lowest BCUT2D eigenvalue weighted by atomic mass is 10.1. The molecule has 0 unspecified atom stereocenters. The van der Waals surface area contributed by atoms with Crippen LogP contribution >= 0.6 is 0 Å². The second-order valence-electron chi connectivity index (χ2n) is 3.95. The van der Waals surface area contributed by atoms with E-state index in [4.69, 9.17) is 5.11 Å². The third kappa shape index (κ3) is 3.56. The number of hydrogen-bond acceptors (Lipinski definition) is 3. The zero-order chi connectivity index (χ0) is 13.5. The maximum atomic E-state index is 11.9. The number of carbonyl (C=O) groups is 2. The Labute approximate surface area is 106 Å². The molecular weight excluding hydrogens is 232 g/mol. The predicted molar refractivity (Wildman–Crippen MR) is 70.0 cm³/mol. The minimum Gasteiger partial charge on any atom is -0.478 e. The van der Waals surface area contributed by atoms with Crippen molar-refractivity contribution >= 4 is 17.6 Å². The van der Waals surface area contributed by atoms with E-state index in [2.05, 4.69) is 5.32 Å². The van der Waals surface area contributed by atoms with Gasteiger partial charge in [0.15, 0.2) is 0 Å². The predicted octanol–water partition coefficient (Wildman–Crippen LogP) is 1.35. The van der Waals surface area contributed by atoms with Crippen LogP contribution in [0.1, 0.15) is 23.7 Å². The van der Waals surface area contributed by atoms with E-state index in [0.717, 1.165) is 13.0 Å². The first-order chi connectivity index (χ1) is 8.57. The van der Waals surface area contributed by atoms with Crippen molar-refractivity contribution in [2.45, 2.75) is 13.3 Å². The Kier molecular flexibility index (Phi) is 5.32. The number of anilines is 1. The van der Waals surface area contributed by atoms with Crippen LogP contribution in [-0.2, 0) is 4.79 Å². The Morgan fingerprint density at radius 1 is 1.33 bits per heavy atom. The number of carboxylic acids is 1. The van der Waals surface area contributed by atoms with Gasteiger partial charge in [-0.05, 0) is 25.1 Å².